The summed E-state index contributed by atoms with van der Waals surface area (Å²) in [6.45, 7) is 23.2. The maximum atomic E-state index is 18.0. The second-order valence-corrected chi connectivity index (χ2v) is 32.9. The normalized spacial score (nSPS) is 21.8. The van der Waals surface area contributed by atoms with E-state index in [-0.39, 0.29) is 77.3 Å². The maximum Gasteiger partial charge on any atom is 0.328 e. The number of likely N-dealkylation sites (tertiary alicyclic amines) is 1. The molecule has 6 fully saturated rings. The van der Waals surface area contributed by atoms with Crippen molar-refractivity contribution in [3.8, 4) is 40.2 Å². The number of aliphatic hydroxyl groups is 1. The molecule has 1 spiro atoms. The lowest BCUT2D eigenvalue weighted by Gasteiger charge is -2.47. The second-order valence-electron chi connectivity index (χ2n) is 27.4. The number of imide groups is 1. The molecule has 17 nitrogen and oxygen atoms in total. The number of aromatic nitrogens is 3. The van der Waals surface area contributed by atoms with Crippen LogP contribution in [0.25, 0.3) is 32.9 Å². The molecule has 2 aromatic heterocycles. The van der Waals surface area contributed by atoms with Crippen LogP contribution in [0.4, 0.5) is 25.1 Å². The van der Waals surface area contributed by atoms with Gasteiger partial charge in [-0.25, -0.2) is 13.6 Å². The Morgan fingerprint density at radius 1 is 0.875 bits per heavy atom. The van der Waals surface area contributed by atoms with Crippen LogP contribution in [0.3, 0.4) is 0 Å². The van der Waals surface area contributed by atoms with Crippen LogP contribution in [0.1, 0.15) is 139 Å². The standard InChI is InChI=1S/C68H89F2N9O8Si/c1-44(2)88(45(3)4,46(5)6)34-18-51-54(69)13-11-48-35-50(87-43-84-8)37-52(58(48)51)60-59(70)61-53(38-71-60)62(78-26-10-19-66(7,83)40-78)74-64(73-61)86-42-68(22-23-68)41-76-32-30-75(31-33-76)39-47-15-20-67(21-16-47)24-28-77(29-25-67)63(81)49-12-14-56(85-9)55(36-49)79-27-17-57(80)72-65(79)82/h11-14,35-38,44-47,83H,10,15-17,19-33,39-43H2,1-9H3,(H,72,80,82)/t66-/m1/s1/i9D3. The van der Waals surface area contributed by atoms with Crippen LogP contribution in [0.2, 0.25) is 16.6 Å². The fourth-order valence-corrected chi connectivity index (χ4v) is 20.5. The van der Waals surface area contributed by atoms with Gasteiger partial charge in [0.15, 0.2) is 12.6 Å². The zero-order chi connectivity index (χ0) is 64.8. The first-order valence-electron chi connectivity index (χ1n) is 33.3. The van der Waals surface area contributed by atoms with Crippen molar-refractivity contribution < 1.29 is 51.3 Å². The van der Waals surface area contributed by atoms with Gasteiger partial charge in [-0.15, -0.1) is 5.54 Å². The number of hydrogen-bond acceptors (Lipinski definition) is 14. The molecule has 0 radical (unpaired) electrons. The highest BCUT2D eigenvalue weighted by Gasteiger charge is 2.47. The molecule has 472 valence electrons. The number of nitrogens with one attached hydrogen (secondary N) is 1. The van der Waals surface area contributed by atoms with Gasteiger partial charge in [0.2, 0.25) is 5.91 Å². The Kier molecular flexibility index (Phi) is 17.3. The molecule has 2 N–H and O–H groups in total. The molecule has 1 atom stereocenters. The van der Waals surface area contributed by atoms with E-state index in [0.29, 0.717) is 100 Å². The number of β-amino-alcohol motifs (C(OH)–C–C–N with tert-alkyl or cyclic N) is 1. The van der Waals surface area contributed by atoms with Crippen LogP contribution >= 0.6 is 0 Å². The Balaban J connectivity index is 0.744. The number of hydrogen-bond donors (Lipinski definition) is 2. The molecule has 6 aliphatic rings. The number of carbonyl (C=O) groups excluding carboxylic acids is 3. The maximum absolute atomic E-state index is 18.0. The van der Waals surface area contributed by atoms with Crippen LogP contribution in [0, 0.1) is 39.8 Å². The lowest BCUT2D eigenvalue weighted by Crippen LogP contribution is -2.50. The van der Waals surface area contributed by atoms with E-state index in [4.69, 9.17) is 38.0 Å². The van der Waals surface area contributed by atoms with E-state index in [1.54, 1.807) is 31.3 Å². The molecule has 11 rings (SSSR count). The Labute approximate surface area is 522 Å². The molecule has 20 heteroatoms. The van der Waals surface area contributed by atoms with Gasteiger partial charge in [-0.2, -0.15) is 9.97 Å². The lowest BCUT2D eigenvalue weighted by molar-refractivity contribution is -0.120. The molecule has 0 unspecified atom stereocenters. The van der Waals surface area contributed by atoms with Crippen molar-refractivity contribution >= 4 is 59.1 Å². The molecule has 6 heterocycles. The summed E-state index contributed by atoms with van der Waals surface area (Å²) in [7, 11) is -3.61. The van der Waals surface area contributed by atoms with Crippen LogP contribution < -0.4 is 29.3 Å². The third kappa shape index (κ3) is 13.1. The number of anilines is 2. The Bertz CT molecular complexity index is 3590. The summed E-state index contributed by atoms with van der Waals surface area (Å²) in [6.07, 6.45) is 11.2. The van der Waals surface area contributed by atoms with E-state index in [9.17, 15) is 19.5 Å². The molecule has 4 saturated heterocycles. The molecule has 5 aromatic rings. The summed E-state index contributed by atoms with van der Waals surface area (Å²) < 4.78 is 80.6. The first-order chi connectivity index (χ1) is 43.3. The molecule has 3 aromatic carbocycles. The number of urea groups is 1. The van der Waals surface area contributed by atoms with Gasteiger partial charge in [-0.1, -0.05) is 53.5 Å². The molecule has 2 aliphatic carbocycles. The minimum absolute atomic E-state index is 0.00277. The fourth-order valence-electron chi connectivity index (χ4n) is 15.2. The average Bonchev–Trinajstić information content (AvgIpc) is 1.19. The van der Waals surface area contributed by atoms with E-state index in [1.807, 2.05) is 9.80 Å². The summed E-state index contributed by atoms with van der Waals surface area (Å²) in [4.78, 5) is 63.5. The molecule has 88 heavy (non-hydrogen) atoms. The highest BCUT2D eigenvalue weighted by Crippen LogP contribution is 2.49. The zero-order valence-electron chi connectivity index (χ0n) is 55.5. The van der Waals surface area contributed by atoms with Gasteiger partial charge in [0.05, 0.1) is 40.0 Å². The van der Waals surface area contributed by atoms with Crippen molar-refractivity contribution in [3.05, 3.63) is 71.4 Å². The number of ether oxygens (including phenoxy) is 4. The van der Waals surface area contributed by atoms with Crippen LogP contribution in [0.15, 0.2) is 48.7 Å². The quantitative estimate of drug-likeness (QED) is 0.0481. The minimum Gasteiger partial charge on any atom is -0.495 e. The fraction of sp³-hybridized carbons (Fsp3) is 0.588. The minimum atomic E-state index is -2.79. The molecular formula is C68H89F2N9O8Si. The van der Waals surface area contributed by atoms with Crippen molar-refractivity contribution in [2.75, 3.05) is 109 Å². The van der Waals surface area contributed by atoms with E-state index in [2.05, 4.69) is 68.1 Å². The van der Waals surface area contributed by atoms with Gasteiger partial charge in [0.1, 0.15) is 42.4 Å². The summed E-state index contributed by atoms with van der Waals surface area (Å²) in [6, 6.07) is 10.3. The summed E-state index contributed by atoms with van der Waals surface area (Å²) >= 11 is 0. The number of carbonyl (C=O) groups is 3. The predicted octanol–water partition coefficient (Wildman–Crippen LogP) is 11.4. The third-order valence-corrected chi connectivity index (χ3v) is 26.8. The Morgan fingerprint density at radius 3 is 2.27 bits per heavy atom. The summed E-state index contributed by atoms with van der Waals surface area (Å²) in [5.74, 6) is 2.84. The number of amides is 4. The second kappa shape index (κ2) is 25.8. The number of piperidine rings is 2. The highest BCUT2D eigenvalue weighted by molar-refractivity contribution is 6.90. The first-order valence-corrected chi connectivity index (χ1v) is 34.1. The molecule has 2 saturated carbocycles. The molecule has 0 bridgehead atoms. The third-order valence-electron chi connectivity index (χ3n) is 20.5. The number of rotatable bonds is 18. The van der Waals surface area contributed by atoms with Gasteiger partial charge in [-0.3, -0.25) is 24.8 Å². The van der Waals surface area contributed by atoms with E-state index < -0.39 is 44.3 Å². The van der Waals surface area contributed by atoms with Gasteiger partial charge < -0.3 is 43.7 Å². The summed E-state index contributed by atoms with van der Waals surface area (Å²) in [5.41, 5.74) is 4.53. The van der Waals surface area contributed by atoms with Gasteiger partial charge in [0.25, 0.3) is 5.91 Å². The largest absolute Gasteiger partial charge is 0.495 e. The van der Waals surface area contributed by atoms with Crippen LogP contribution in [0.5, 0.6) is 17.5 Å². The van der Waals surface area contributed by atoms with E-state index >= 15 is 8.78 Å². The van der Waals surface area contributed by atoms with E-state index in [1.165, 1.54) is 36.3 Å². The number of benzene rings is 3. The van der Waals surface area contributed by atoms with Crippen molar-refractivity contribution in [3.63, 3.8) is 0 Å². The van der Waals surface area contributed by atoms with Gasteiger partial charge in [0, 0.05) is 114 Å². The SMILES string of the molecule is [2H]C([2H])([2H])Oc1ccc(C(=O)N2CCC3(CCC(CN4CCN(CC5(COc6nc(N7CCC[C@@](C)(O)C7)c7cnc(-c8cc(OCOC)cc9ccc(F)c(C#C[Si](C(C)C)(C(C)C)C(C)C)c89)c(F)c7n6)CC5)CC4)CC3)CC2)cc1N1CCC(=O)NC1=O. The topological polar surface area (TPSA) is 175 Å². The highest BCUT2D eigenvalue weighted by atomic mass is 28.3. The van der Waals surface area contributed by atoms with Crippen molar-refractivity contribution in [1.82, 2.24) is 35.0 Å². The smallest absolute Gasteiger partial charge is 0.328 e. The number of piperazine rings is 1. The monoisotopic (exact) mass is 1230 g/mol. The number of halogens is 2. The van der Waals surface area contributed by atoms with Gasteiger partial charge in [-0.05, 0) is 141 Å². The van der Waals surface area contributed by atoms with Crippen LogP contribution in [-0.2, 0) is 9.53 Å². The van der Waals surface area contributed by atoms with Crippen LogP contribution in [-0.4, -0.2) is 166 Å². The number of methoxy groups -OCH3 is 2. The van der Waals surface area contributed by atoms with Crippen molar-refractivity contribution in [1.29, 1.82) is 0 Å². The molecule has 4 aliphatic heterocycles. The lowest BCUT2D eigenvalue weighted by atomic mass is 9.65. The number of nitrogens with zero attached hydrogens (tertiary/aromatic N) is 8. The first kappa shape index (κ1) is 59.1. The Hall–Kier alpha value is -6.50. The molecular weight excluding hydrogens is 1140 g/mol. The number of pyridine rings is 1. The zero-order valence-corrected chi connectivity index (χ0v) is 53.5. The molecule has 4 amide bonds. The van der Waals surface area contributed by atoms with E-state index in [0.717, 1.165) is 90.6 Å². The summed E-state index contributed by atoms with van der Waals surface area (Å²) in [5, 5.41) is 15.0. The Morgan fingerprint density at radius 2 is 1.60 bits per heavy atom. The predicted molar refractivity (Wildman–Crippen MR) is 341 cm³/mol. The van der Waals surface area contributed by atoms with Crippen molar-refractivity contribution in [2.24, 2.45) is 16.7 Å². The van der Waals surface area contributed by atoms with Gasteiger partial charge >= 0.3 is 12.0 Å². The average molecular weight is 1230 g/mol. The number of fused-ring (bicyclic) bond motifs is 2. The van der Waals surface area contributed by atoms with Crippen molar-refractivity contribution in [2.45, 2.75) is 141 Å².